The van der Waals surface area contributed by atoms with Crippen LogP contribution in [0.15, 0.2) is 91.0 Å². The van der Waals surface area contributed by atoms with Gasteiger partial charge in [-0.3, -0.25) is 4.79 Å². The van der Waals surface area contributed by atoms with Crippen LogP contribution in [0.5, 0.6) is 0 Å². The van der Waals surface area contributed by atoms with Crippen molar-refractivity contribution in [3.8, 4) is 0 Å². The van der Waals surface area contributed by atoms with Gasteiger partial charge in [-0.05, 0) is 56.7 Å². The highest BCUT2D eigenvalue weighted by Crippen LogP contribution is 1.98. The van der Waals surface area contributed by atoms with Crippen molar-refractivity contribution >= 4 is 5.97 Å². The fourth-order valence-electron chi connectivity index (χ4n) is 1.93. The SMILES string of the molecule is CC(=O)O.[CH2]Cc1ccccc1.[CH2]Cc1ccccc1.[CH2]Cc1ccccc1. The van der Waals surface area contributed by atoms with Gasteiger partial charge in [0.15, 0.2) is 0 Å². The first kappa shape index (κ1) is 25.1. The van der Waals surface area contributed by atoms with E-state index in [0.29, 0.717) is 0 Å². The van der Waals surface area contributed by atoms with E-state index in [2.05, 4.69) is 57.2 Å². The quantitative estimate of drug-likeness (QED) is 0.585. The van der Waals surface area contributed by atoms with E-state index < -0.39 is 5.97 Å². The fraction of sp³-hybridized carbons (Fsp3) is 0.154. The van der Waals surface area contributed by atoms with E-state index in [0.717, 1.165) is 26.2 Å². The van der Waals surface area contributed by atoms with Crippen LogP contribution in [0.2, 0.25) is 0 Å². The number of hydrogen-bond donors (Lipinski definition) is 1. The molecular weight excluding hydrogens is 344 g/mol. The average Bonchev–Trinajstić information content (AvgIpc) is 2.76. The molecule has 3 radical (unpaired) electrons. The van der Waals surface area contributed by atoms with E-state index >= 15 is 0 Å². The topological polar surface area (TPSA) is 37.3 Å². The van der Waals surface area contributed by atoms with Crippen molar-refractivity contribution in [1.82, 2.24) is 0 Å². The first-order valence-corrected chi connectivity index (χ1v) is 9.22. The van der Waals surface area contributed by atoms with Crippen molar-refractivity contribution in [3.63, 3.8) is 0 Å². The Morgan fingerprint density at radius 3 is 0.893 bits per heavy atom. The first-order chi connectivity index (χ1) is 13.5. The number of carboxylic acids is 1. The Hall–Kier alpha value is -2.87. The highest BCUT2D eigenvalue weighted by Gasteiger charge is 1.81. The van der Waals surface area contributed by atoms with E-state index in [1.807, 2.05) is 54.6 Å². The molecule has 0 aliphatic carbocycles. The van der Waals surface area contributed by atoms with Gasteiger partial charge in [0, 0.05) is 6.92 Å². The summed E-state index contributed by atoms with van der Waals surface area (Å²) in [5.74, 6) is -0.833. The third-order valence-corrected chi connectivity index (χ3v) is 3.39. The lowest BCUT2D eigenvalue weighted by Gasteiger charge is -1.89. The molecule has 0 saturated heterocycles. The molecule has 1 N–H and O–H groups in total. The Morgan fingerprint density at radius 1 is 0.607 bits per heavy atom. The Kier molecular flexibility index (Phi) is 15.7. The molecule has 3 rings (SSSR count). The average molecular weight is 376 g/mol. The summed E-state index contributed by atoms with van der Waals surface area (Å²) in [6, 6.07) is 30.7. The fourth-order valence-corrected chi connectivity index (χ4v) is 1.93. The molecular formula is C26H31O2. The van der Waals surface area contributed by atoms with Crippen molar-refractivity contribution in [2.75, 3.05) is 0 Å². The maximum Gasteiger partial charge on any atom is 0.300 e. The van der Waals surface area contributed by atoms with Crippen molar-refractivity contribution in [1.29, 1.82) is 0 Å². The number of benzene rings is 3. The summed E-state index contributed by atoms with van der Waals surface area (Å²) in [4.78, 5) is 9.00. The molecule has 2 heteroatoms. The van der Waals surface area contributed by atoms with Crippen LogP contribution in [-0.4, -0.2) is 11.1 Å². The van der Waals surface area contributed by atoms with Gasteiger partial charge in [-0.15, -0.1) is 0 Å². The van der Waals surface area contributed by atoms with Crippen molar-refractivity contribution in [2.45, 2.75) is 26.2 Å². The second-order valence-electron chi connectivity index (χ2n) is 5.73. The second kappa shape index (κ2) is 17.5. The van der Waals surface area contributed by atoms with Crippen LogP contribution in [0.25, 0.3) is 0 Å². The summed E-state index contributed by atoms with van der Waals surface area (Å²) in [6.45, 7) is 12.4. The lowest BCUT2D eigenvalue weighted by Crippen LogP contribution is -1.78. The smallest absolute Gasteiger partial charge is 0.300 e. The summed E-state index contributed by atoms with van der Waals surface area (Å²) < 4.78 is 0. The Balaban J connectivity index is 0.000000358. The third kappa shape index (κ3) is 15.4. The normalized spacial score (nSPS) is 8.71. The van der Waals surface area contributed by atoms with E-state index in [4.69, 9.17) is 9.90 Å². The maximum absolute atomic E-state index is 9.00. The lowest BCUT2D eigenvalue weighted by molar-refractivity contribution is -0.134. The second-order valence-corrected chi connectivity index (χ2v) is 5.73. The highest BCUT2D eigenvalue weighted by molar-refractivity contribution is 5.62. The van der Waals surface area contributed by atoms with Gasteiger partial charge in [0.05, 0.1) is 0 Å². The Morgan fingerprint density at radius 2 is 0.786 bits per heavy atom. The minimum Gasteiger partial charge on any atom is -0.481 e. The van der Waals surface area contributed by atoms with E-state index in [-0.39, 0.29) is 0 Å². The van der Waals surface area contributed by atoms with Gasteiger partial charge in [0.1, 0.15) is 0 Å². The first-order valence-electron chi connectivity index (χ1n) is 9.22. The standard InChI is InChI=1S/3C8H9.C2H4O2/c3*1-2-8-6-4-3-5-7-8;1-2(3)4/h3*3-7H,1-2H2;1H3,(H,3,4). The Bertz CT molecular complexity index is 609. The zero-order chi connectivity index (χ0) is 21.0. The van der Waals surface area contributed by atoms with E-state index in [9.17, 15) is 0 Å². The monoisotopic (exact) mass is 375 g/mol. The molecule has 0 atom stereocenters. The summed E-state index contributed by atoms with van der Waals surface area (Å²) in [7, 11) is 0. The zero-order valence-electron chi connectivity index (χ0n) is 16.8. The van der Waals surface area contributed by atoms with Crippen LogP contribution in [0.1, 0.15) is 23.6 Å². The molecule has 0 bridgehead atoms. The molecule has 2 nitrogen and oxygen atoms in total. The predicted molar refractivity (Wildman–Crippen MR) is 120 cm³/mol. The zero-order valence-corrected chi connectivity index (χ0v) is 16.8. The van der Waals surface area contributed by atoms with Gasteiger partial charge < -0.3 is 5.11 Å². The molecule has 147 valence electrons. The highest BCUT2D eigenvalue weighted by atomic mass is 16.4. The van der Waals surface area contributed by atoms with Gasteiger partial charge in [-0.1, -0.05) is 91.0 Å². The van der Waals surface area contributed by atoms with E-state index in [1.54, 1.807) is 0 Å². The van der Waals surface area contributed by atoms with Crippen LogP contribution in [-0.2, 0) is 24.1 Å². The third-order valence-electron chi connectivity index (χ3n) is 3.39. The van der Waals surface area contributed by atoms with Gasteiger partial charge >= 0.3 is 0 Å². The van der Waals surface area contributed by atoms with Crippen LogP contribution in [0.3, 0.4) is 0 Å². The van der Waals surface area contributed by atoms with Crippen molar-refractivity contribution in [2.24, 2.45) is 0 Å². The molecule has 0 amide bonds. The van der Waals surface area contributed by atoms with Gasteiger partial charge in [0.2, 0.25) is 0 Å². The molecule has 0 fully saturated rings. The minimum atomic E-state index is -0.833. The van der Waals surface area contributed by atoms with Crippen molar-refractivity contribution in [3.05, 3.63) is 128 Å². The molecule has 0 aliphatic rings. The molecule has 3 aromatic carbocycles. The van der Waals surface area contributed by atoms with Crippen LogP contribution >= 0.6 is 0 Å². The summed E-state index contributed by atoms with van der Waals surface area (Å²) in [6.07, 6.45) is 2.67. The number of carboxylic acid groups (broad SMARTS) is 1. The molecule has 0 saturated carbocycles. The molecule has 3 aromatic rings. The van der Waals surface area contributed by atoms with Gasteiger partial charge in [-0.25, -0.2) is 0 Å². The molecule has 0 heterocycles. The van der Waals surface area contributed by atoms with Gasteiger partial charge in [0.25, 0.3) is 5.97 Å². The summed E-state index contributed by atoms with van der Waals surface area (Å²) in [5.41, 5.74) is 3.90. The molecule has 28 heavy (non-hydrogen) atoms. The molecule has 0 aromatic heterocycles. The summed E-state index contributed by atoms with van der Waals surface area (Å²) >= 11 is 0. The number of hydrogen-bond acceptors (Lipinski definition) is 1. The maximum atomic E-state index is 9.00. The molecule has 0 aliphatic heterocycles. The van der Waals surface area contributed by atoms with Crippen molar-refractivity contribution < 1.29 is 9.90 Å². The molecule has 0 unspecified atom stereocenters. The summed E-state index contributed by atoms with van der Waals surface area (Å²) in [5, 5.41) is 7.42. The predicted octanol–water partition coefficient (Wildman–Crippen LogP) is 6.28. The largest absolute Gasteiger partial charge is 0.481 e. The Labute approximate surface area is 170 Å². The van der Waals surface area contributed by atoms with E-state index in [1.165, 1.54) is 16.7 Å². The van der Waals surface area contributed by atoms with Crippen LogP contribution in [0, 0.1) is 20.8 Å². The number of rotatable bonds is 3. The van der Waals surface area contributed by atoms with Crippen LogP contribution in [0.4, 0.5) is 0 Å². The molecule has 0 spiro atoms. The minimum absolute atomic E-state index is 0.833. The lowest BCUT2D eigenvalue weighted by atomic mass is 10.2. The number of carbonyl (C=O) groups is 1. The number of aliphatic carboxylic acids is 1. The van der Waals surface area contributed by atoms with Gasteiger partial charge in [-0.2, -0.15) is 0 Å². The van der Waals surface area contributed by atoms with Crippen LogP contribution < -0.4 is 0 Å².